The van der Waals surface area contributed by atoms with Gasteiger partial charge in [0.05, 0.1) is 22.2 Å². The first-order chi connectivity index (χ1) is 12.5. The Kier molecular flexibility index (Phi) is 6.85. The van der Waals surface area contributed by atoms with E-state index in [1.807, 2.05) is 30.0 Å². The largest absolute Gasteiger partial charge is 0.493 e. The number of methoxy groups -OCH3 is 1. The number of thiocarbonyl (C=S) groups is 1. The fourth-order valence-corrected chi connectivity index (χ4v) is 5.57. The van der Waals surface area contributed by atoms with Crippen LogP contribution in [-0.2, 0) is 4.79 Å². The molecule has 1 amide bonds. The molecule has 7 heteroatoms. The number of hydrogen-bond acceptors (Lipinski definition) is 5. The summed E-state index contributed by atoms with van der Waals surface area (Å²) >= 11 is 9.13. The summed E-state index contributed by atoms with van der Waals surface area (Å²) in [6.07, 6.45) is 7.61. The number of thioether (sulfide) groups is 1. The minimum absolute atomic E-state index is 0.0368. The Balaban J connectivity index is 1.87. The highest BCUT2D eigenvalue weighted by atomic mass is 127. The van der Waals surface area contributed by atoms with E-state index in [9.17, 15) is 4.79 Å². The standard InChI is InChI=1S/C19H22INO3S2/c1-3-24-17-14(20)9-12(10-15(17)23-2)11-16-18(22)21(19(25)26-16)13-7-5-4-6-8-13/h9-11,13H,3-8H2,1-2H3/b16-11-. The van der Waals surface area contributed by atoms with Crippen LogP contribution in [0.5, 0.6) is 11.5 Å². The van der Waals surface area contributed by atoms with Gasteiger partial charge in [-0.25, -0.2) is 0 Å². The van der Waals surface area contributed by atoms with E-state index < -0.39 is 0 Å². The van der Waals surface area contributed by atoms with Gasteiger partial charge in [0.25, 0.3) is 5.91 Å². The van der Waals surface area contributed by atoms with Gasteiger partial charge in [-0.2, -0.15) is 0 Å². The highest BCUT2D eigenvalue weighted by Gasteiger charge is 2.37. The molecule has 0 aromatic heterocycles. The summed E-state index contributed by atoms with van der Waals surface area (Å²) in [6.45, 7) is 2.52. The molecule has 26 heavy (non-hydrogen) atoms. The molecule has 0 atom stereocenters. The number of halogens is 1. The van der Waals surface area contributed by atoms with E-state index in [2.05, 4.69) is 22.6 Å². The van der Waals surface area contributed by atoms with Gasteiger partial charge in [0.1, 0.15) is 4.32 Å². The molecule has 1 saturated carbocycles. The van der Waals surface area contributed by atoms with Crippen LogP contribution in [0.3, 0.4) is 0 Å². The third-order valence-electron chi connectivity index (χ3n) is 4.60. The minimum atomic E-state index is 0.0368. The molecule has 4 nitrogen and oxygen atoms in total. The smallest absolute Gasteiger partial charge is 0.266 e. The number of hydrogen-bond donors (Lipinski definition) is 0. The van der Waals surface area contributed by atoms with Crippen molar-refractivity contribution < 1.29 is 14.3 Å². The zero-order valence-electron chi connectivity index (χ0n) is 14.9. The Bertz CT molecular complexity index is 745. The first-order valence-corrected chi connectivity index (χ1v) is 11.1. The molecule has 0 radical (unpaired) electrons. The van der Waals surface area contributed by atoms with Gasteiger partial charge in [-0.05, 0) is 66.1 Å². The summed E-state index contributed by atoms with van der Waals surface area (Å²) in [5.74, 6) is 1.45. The normalized spacial score (nSPS) is 20.1. The van der Waals surface area contributed by atoms with E-state index in [0.29, 0.717) is 21.6 Å². The zero-order valence-corrected chi connectivity index (χ0v) is 18.7. The lowest BCUT2D eigenvalue weighted by Crippen LogP contribution is -2.39. The Hall–Kier alpha value is -0.800. The van der Waals surface area contributed by atoms with E-state index in [1.54, 1.807) is 7.11 Å². The average Bonchev–Trinajstić information content (AvgIpc) is 2.91. The lowest BCUT2D eigenvalue weighted by Gasteiger charge is -2.29. The van der Waals surface area contributed by atoms with Crippen molar-refractivity contribution in [3.05, 3.63) is 26.2 Å². The molecule has 1 aliphatic carbocycles. The van der Waals surface area contributed by atoms with Crippen molar-refractivity contribution in [2.75, 3.05) is 13.7 Å². The van der Waals surface area contributed by atoms with Crippen LogP contribution in [0.15, 0.2) is 17.0 Å². The number of rotatable bonds is 5. The molecule has 1 aromatic carbocycles. The number of ether oxygens (including phenoxy) is 2. The number of benzene rings is 1. The van der Waals surface area contributed by atoms with Crippen LogP contribution in [0.25, 0.3) is 6.08 Å². The summed E-state index contributed by atoms with van der Waals surface area (Å²) in [5.41, 5.74) is 0.916. The van der Waals surface area contributed by atoms with E-state index in [4.69, 9.17) is 21.7 Å². The van der Waals surface area contributed by atoms with E-state index in [-0.39, 0.29) is 11.9 Å². The first kappa shape index (κ1) is 19.9. The van der Waals surface area contributed by atoms with Crippen LogP contribution in [0.1, 0.15) is 44.6 Å². The van der Waals surface area contributed by atoms with Crippen LogP contribution in [0.2, 0.25) is 0 Å². The van der Waals surface area contributed by atoms with Crippen LogP contribution in [-0.4, -0.2) is 34.9 Å². The summed E-state index contributed by atoms with van der Waals surface area (Å²) in [6, 6.07) is 4.17. The minimum Gasteiger partial charge on any atom is -0.493 e. The van der Waals surface area contributed by atoms with Crippen LogP contribution in [0, 0.1) is 3.57 Å². The van der Waals surface area contributed by atoms with Gasteiger partial charge in [-0.3, -0.25) is 9.69 Å². The lowest BCUT2D eigenvalue weighted by atomic mass is 9.94. The maximum absolute atomic E-state index is 12.9. The van der Waals surface area contributed by atoms with Gasteiger partial charge in [-0.15, -0.1) is 0 Å². The summed E-state index contributed by atoms with van der Waals surface area (Å²) in [7, 11) is 1.63. The third kappa shape index (κ3) is 4.20. The summed E-state index contributed by atoms with van der Waals surface area (Å²) in [4.78, 5) is 15.4. The Morgan fingerprint density at radius 3 is 2.73 bits per heavy atom. The van der Waals surface area contributed by atoms with Crippen molar-refractivity contribution in [3.8, 4) is 11.5 Å². The lowest BCUT2D eigenvalue weighted by molar-refractivity contribution is -0.124. The maximum atomic E-state index is 12.9. The fourth-order valence-electron chi connectivity index (χ4n) is 3.39. The molecule has 1 aliphatic heterocycles. The van der Waals surface area contributed by atoms with E-state index >= 15 is 0 Å². The Labute approximate surface area is 177 Å². The second-order valence-electron chi connectivity index (χ2n) is 6.31. The second-order valence-corrected chi connectivity index (χ2v) is 9.15. The highest BCUT2D eigenvalue weighted by molar-refractivity contribution is 14.1. The van der Waals surface area contributed by atoms with Crippen LogP contribution in [0.4, 0.5) is 0 Å². The van der Waals surface area contributed by atoms with Crippen molar-refractivity contribution in [1.29, 1.82) is 0 Å². The molecule has 2 aliphatic rings. The molecule has 3 rings (SSSR count). The number of amides is 1. The molecule has 2 fully saturated rings. The quantitative estimate of drug-likeness (QED) is 0.313. The number of carbonyl (C=O) groups is 1. The maximum Gasteiger partial charge on any atom is 0.266 e. The van der Waals surface area contributed by atoms with Crippen molar-refractivity contribution in [2.45, 2.75) is 45.1 Å². The van der Waals surface area contributed by atoms with Gasteiger partial charge < -0.3 is 9.47 Å². The first-order valence-electron chi connectivity index (χ1n) is 8.82. The molecule has 0 bridgehead atoms. The predicted octanol–water partition coefficient (Wildman–Crippen LogP) is 5.23. The molecule has 1 aromatic rings. The monoisotopic (exact) mass is 503 g/mol. The van der Waals surface area contributed by atoms with Gasteiger partial charge >= 0.3 is 0 Å². The summed E-state index contributed by atoms with van der Waals surface area (Å²) in [5, 5.41) is 0. The molecular weight excluding hydrogens is 481 g/mol. The van der Waals surface area contributed by atoms with Crippen molar-refractivity contribution in [1.82, 2.24) is 4.90 Å². The van der Waals surface area contributed by atoms with Crippen molar-refractivity contribution in [3.63, 3.8) is 0 Å². The van der Waals surface area contributed by atoms with E-state index in [1.165, 1.54) is 31.0 Å². The van der Waals surface area contributed by atoms with Gasteiger partial charge in [0, 0.05) is 6.04 Å². The molecule has 1 heterocycles. The zero-order chi connectivity index (χ0) is 18.7. The molecule has 0 spiro atoms. The second kappa shape index (κ2) is 8.93. The number of nitrogens with zero attached hydrogens (tertiary/aromatic N) is 1. The molecular formula is C19H22INO3S2. The van der Waals surface area contributed by atoms with Crippen molar-refractivity contribution in [2.24, 2.45) is 0 Å². The molecule has 140 valence electrons. The van der Waals surface area contributed by atoms with Gasteiger partial charge in [0.2, 0.25) is 0 Å². The van der Waals surface area contributed by atoms with Crippen LogP contribution < -0.4 is 9.47 Å². The van der Waals surface area contributed by atoms with Gasteiger partial charge in [-0.1, -0.05) is 43.2 Å². The SMILES string of the molecule is CCOc1c(I)cc(/C=C2\SC(=S)N(C3CCCCC3)C2=O)cc1OC. The van der Waals surface area contributed by atoms with Crippen molar-refractivity contribution >= 4 is 62.9 Å². The number of carbonyl (C=O) groups excluding carboxylic acids is 1. The molecule has 0 unspecified atom stereocenters. The van der Waals surface area contributed by atoms with Crippen LogP contribution >= 0.6 is 46.6 Å². The average molecular weight is 503 g/mol. The fraction of sp³-hybridized carbons (Fsp3) is 0.474. The van der Waals surface area contributed by atoms with Gasteiger partial charge in [0.15, 0.2) is 11.5 Å². The predicted molar refractivity (Wildman–Crippen MR) is 119 cm³/mol. The highest BCUT2D eigenvalue weighted by Crippen LogP contribution is 2.39. The molecule has 1 saturated heterocycles. The van der Waals surface area contributed by atoms with E-state index in [0.717, 1.165) is 27.7 Å². The summed E-state index contributed by atoms with van der Waals surface area (Å²) < 4.78 is 12.8. The third-order valence-corrected chi connectivity index (χ3v) is 6.73. The topological polar surface area (TPSA) is 38.8 Å². The Morgan fingerprint density at radius 2 is 2.08 bits per heavy atom. The Morgan fingerprint density at radius 1 is 1.35 bits per heavy atom. The molecule has 0 N–H and O–H groups in total.